The van der Waals surface area contributed by atoms with E-state index in [9.17, 15) is 43.3 Å². The minimum absolute atomic E-state index is 0.0373. The molecule has 0 aromatic heterocycles. The molecular formula is C86H138N6O22S4. The molecule has 0 saturated heterocycles. The van der Waals surface area contributed by atoms with Gasteiger partial charge in [-0.1, -0.05) is 83.9 Å². The van der Waals surface area contributed by atoms with Crippen LogP contribution in [-0.2, 0) is 96.9 Å². The van der Waals surface area contributed by atoms with E-state index in [1.807, 2.05) is 140 Å². The number of amides is 2. The monoisotopic (exact) mass is 1730 g/mol. The second-order valence-electron chi connectivity index (χ2n) is 27.8. The number of methoxy groups -OCH3 is 12. The number of ether oxygens (including phenoxy) is 12. The number of benzene rings is 6. The Hall–Kier alpha value is -6.58. The number of sulfonamides is 4. The molecule has 118 heavy (non-hydrogen) atoms. The number of aryl methyl sites for hydroxylation is 12. The van der Waals surface area contributed by atoms with Gasteiger partial charge in [0.1, 0.15) is 0 Å². The van der Waals surface area contributed by atoms with Gasteiger partial charge in [0.2, 0.25) is 40.1 Å². The third-order valence-electron chi connectivity index (χ3n) is 18.3. The molecule has 0 atom stereocenters. The quantitative estimate of drug-likeness (QED) is 0.0343. The molecule has 0 spiro atoms. The molecule has 28 nitrogen and oxygen atoms in total. The first-order valence-corrected chi connectivity index (χ1v) is 44.6. The fourth-order valence-electron chi connectivity index (χ4n) is 11.2. The summed E-state index contributed by atoms with van der Waals surface area (Å²) in [7, 11) is 4.88. The summed E-state index contributed by atoms with van der Waals surface area (Å²) >= 11 is 0. The van der Waals surface area contributed by atoms with Crippen molar-refractivity contribution in [2.75, 3.05) is 243 Å². The van der Waals surface area contributed by atoms with Crippen molar-refractivity contribution < 1.29 is 100 Å². The minimum atomic E-state index is -3.53. The molecule has 0 heterocycles. The van der Waals surface area contributed by atoms with Gasteiger partial charge in [-0.05, 0) is 175 Å². The summed E-state index contributed by atoms with van der Waals surface area (Å²) in [4.78, 5) is 30.0. The summed E-state index contributed by atoms with van der Waals surface area (Å²) in [6.45, 7) is 32.4. The largest absolute Gasteiger partial charge is 0.383 e. The molecular weight excluding hydrogens is 1600 g/mol. The molecule has 0 bridgehead atoms. The second-order valence-corrected chi connectivity index (χ2v) is 35.5. The first-order chi connectivity index (χ1) is 55.9. The molecule has 0 aliphatic rings. The topological polar surface area (TPSA) is 301 Å². The van der Waals surface area contributed by atoms with Gasteiger partial charge in [0, 0.05) is 175 Å². The van der Waals surface area contributed by atoms with Crippen molar-refractivity contribution in [3.8, 4) is 0 Å². The lowest BCUT2D eigenvalue weighted by molar-refractivity contribution is 0.0622. The Morgan fingerprint density at radius 2 is 0.364 bits per heavy atom. The van der Waals surface area contributed by atoms with E-state index in [-0.39, 0.29) is 11.8 Å². The number of rotatable bonds is 46. The SMILES string of the molecule is COCCN(CCOC)C(=O)c1cc(C)ccc1C.COCCN(CCOC)C(=O)c1cc(C)ccc1C.COCCN(CCOC)S(=O)(=O)c1cc(C)ccc1C.COCCN(CCOC)S(=O)(=O)c1cc(C)ccc1C.COCCN(CCOC)S(=O)(=O)c1cc(C)ccc1C.COCCN(CCOC)S(=O)(=O)c1cc(C)ccc1C. The van der Waals surface area contributed by atoms with Crippen LogP contribution < -0.4 is 0 Å². The first kappa shape index (κ1) is 109. The predicted molar refractivity (Wildman–Crippen MR) is 465 cm³/mol. The molecule has 2 amide bonds. The Labute approximate surface area is 707 Å². The van der Waals surface area contributed by atoms with E-state index in [1.54, 1.807) is 147 Å². The number of hydrogen-bond donors (Lipinski definition) is 0. The first-order valence-electron chi connectivity index (χ1n) is 38.8. The fraction of sp³-hybridized carbons (Fsp3) is 0.558. The summed E-state index contributed by atoms with van der Waals surface area (Å²) in [5, 5.41) is 0. The third kappa shape index (κ3) is 38.2. The number of nitrogens with zero attached hydrogens (tertiary/aromatic N) is 6. The maximum absolute atomic E-state index is 12.7. The molecule has 6 rings (SSSR count). The van der Waals surface area contributed by atoms with Gasteiger partial charge in [-0.15, -0.1) is 0 Å². The number of hydrogen-bond acceptors (Lipinski definition) is 22. The standard InChI is InChI=1S/2C15H23NO3.4C14H23NO4S/c2*1-12-5-6-13(2)14(11-12)15(17)16(7-9-18-3)8-10-19-4;4*1-12-5-6-13(2)14(11-12)20(16,17)15(7-9-18-3)8-10-19-4/h2*5-6,11H,7-10H2,1-4H3;4*5-6,11H,7-10H2,1-4H3. The molecule has 6 aromatic carbocycles. The van der Waals surface area contributed by atoms with E-state index in [0.29, 0.717) is 177 Å². The zero-order chi connectivity index (χ0) is 89.2. The summed E-state index contributed by atoms with van der Waals surface area (Å²) in [5.74, 6) is 0.0746. The molecule has 668 valence electrons. The highest BCUT2D eigenvalue weighted by Gasteiger charge is 2.30. The van der Waals surface area contributed by atoms with Crippen LogP contribution in [0.4, 0.5) is 0 Å². The van der Waals surface area contributed by atoms with Gasteiger partial charge in [-0.3, -0.25) is 9.59 Å². The number of carbonyl (C=O) groups excluding carboxylic acids is 2. The van der Waals surface area contributed by atoms with Gasteiger partial charge < -0.3 is 66.6 Å². The van der Waals surface area contributed by atoms with E-state index in [2.05, 4.69) is 0 Å². The zero-order valence-electron chi connectivity index (χ0n) is 74.7. The highest BCUT2D eigenvalue weighted by molar-refractivity contribution is 7.90. The number of carbonyl (C=O) groups is 2. The molecule has 6 aromatic rings. The molecule has 0 unspecified atom stereocenters. The van der Waals surface area contributed by atoms with Gasteiger partial charge in [0.25, 0.3) is 11.8 Å². The average Bonchev–Trinajstić information content (AvgIpc) is 0.811. The van der Waals surface area contributed by atoms with Crippen molar-refractivity contribution in [1.29, 1.82) is 0 Å². The van der Waals surface area contributed by atoms with Crippen molar-refractivity contribution in [3.05, 3.63) is 187 Å². The molecule has 32 heteroatoms. The van der Waals surface area contributed by atoms with E-state index >= 15 is 0 Å². The lowest BCUT2D eigenvalue weighted by Crippen LogP contribution is -2.36. The maximum Gasteiger partial charge on any atom is 0.254 e. The zero-order valence-corrected chi connectivity index (χ0v) is 77.9. The van der Waals surface area contributed by atoms with Gasteiger partial charge in [0.15, 0.2) is 0 Å². The molecule has 0 aliphatic heterocycles. The fourth-order valence-corrected chi connectivity index (χ4v) is 18.0. The Morgan fingerprint density at radius 1 is 0.220 bits per heavy atom. The minimum Gasteiger partial charge on any atom is -0.383 e. The van der Waals surface area contributed by atoms with Crippen LogP contribution in [0.2, 0.25) is 0 Å². The van der Waals surface area contributed by atoms with Crippen molar-refractivity contribution in [1.82, 2.24) is 27.0 Å². The second kappa shape index (κ2) is 59.2. The Bertz CT molecular complexity index is 3850. The Kier molecular flexibility index (Phi) is 54.9. The van der Waals surface area contributed by atoms with E-state index in [1.165, 1.54) is 17.2 Å². The van der Waals surface area contributed by atoms with E-state index in [4.69, 9.17) is 56.8 Å². The van der Waals surface area contributed by atoms with Crippen molar-refractivity contribution in [2.24, 2.45) is 0 Å². The molecule has 0 radical (unpaired) electrons. The van der Waals surface area contributed by atoms with Crippen molar-refractivity contribution in [3.63, 3.8) is 0 Å². The Balaban J connectivity index is 0.000000708. The Morgan fingerprint density at radius 3 is 0.525 bits per heavy atom. The summed E-state index contributed by atoms with van der Waals surface area (Å²) in [6.07, 6.45) is 0. The average molecular weight is 1740 g/mol. The van der Waals surface area contributed by atoms with Crippen LogP contribution in [0.25, 0.3) is 0 Å². The lowest BCUT2D eigenvalue weighted by atomic mass is 10.0. The van der Waals surface area contributed by atoms with E-state index in [0.717, 1.165) is 77.9 Å². The van der Waals surface area contributed by atoms with E-state index < -0.39 is 40.1 Å². The molecule has 0 fully saturated rings. The van der Waals surface area contributed by atoms with Crippen LogP contribution in [0.5, 0.6) is 0 Å². The highest BCUT2D eigenvalue weighted by atomic mass is 32.2. The van der Waals surface area contributed by atoms with Crippen LogP contribution in [0.1, 0.15) is 87.5 Å². The van der Waals surface area contributed by atoms with Crippen LogP contribution in [-0.4, -0.2) is 316 Å². The highest BCUT2D eigenvalue weighted by Crippen LogP contribution is 2.26. The predicted octanol–water partition coefficient (Wildman–Crippen LogP) is 10.4. The van der Waals surface area contributed by atoms with Gasteiger partial charge >= 0.3 is 0 Å². The van der Waals surface area contributed by atoms with Crippen LogP contribution in [0.3, 0.4) is 0 Å². The molecule has 0 aliphatic carbocycles. The molecule has 0 saturated carbocycles. The van der Waals surface area contributed by atoms with Gasteiger partial charge in [-0.2, -0.15) is 17.2 Å². The lowest BCUT2D eigenvalue weighted by Gasteiger charge is -2.23. The van der Waals surface area contributed by atoms with Gasteiger partial charge in [0.05, 0.1) is 98.9 Å². The van der Waals surface area contributed by atoms with Crippen LogP contribution in [0.15, 0.2) is 129 Å². The summed E-state index contributed by atoms with van der Waals surface area (Å²) < 4.78 is 168. The van der Waals surface area contributed by atoms with Crippen molar-refractivity contribution >= 4 is 51.9 Å². The third-order valence-corrected chi connectivity index (χ3v) is 26.4. The van der Waals surface area contributed by atoms with Crippen molar-refractivity contribution in [2.45, 2.75) is 103 Å². The van der Waals surface area contributed by atoms with Crippen LogP contribution in [0, 0.1) is 83.1 Å². The molecule has 0 N–H and O–H groups in total. The smallest absolute Gasteiger partial charge is 0.254 e. The normalized spacial score (nSPS) is 11.6. The summed E-state index contributed by atoms with van der Waals surface area (Å²) in [5.41, 5.74) is 12.4. The summed E-state index contributed by atoms with van der Waals surface area (Å²) in [6, 6.07) is 33.6. The van der Waals surface area contributed by atoms with Crippen LogP contribution >= 0.6 is 0 Å². The van der Waals surface area contributed by atoms with Gasteiger partial charge in [-0.25, -0.2) is 33.7 Å². The maximum atomic E-state index is 12.7.